The molecule has 0 aliphatic rings. The summed E-state index contributed by atoms with van der Waals surface area (Å²) in [5.41, 5.74) is 2.29. The van der Waals surface area contributed by atoms with E-state index in [0.29, 0.717) is 29.2 Å². The second-order valence-electron chi connectivity index (χ2n) is 5.46. The third-order valence-electron chi connectivity index (χ3n) is 3.52. The van der Waals surface area contributed by atoms with Crippen molar-refractivity contribution in [3.05, 3.63) is 70.4 Å². The van der Waals surface area contributed by atoms with E-state index >= 15 is 0 Å². The molecule has 1 amide bonds. The number of nitriles is 1. The van der Waals surface area contributed by atoms with Gasteiger partial charge in [0.05, 0.1) is 0 Å². The van der Waals surface area contributed by atoms with Gasteiger partial charge in [0.1, 0.15) is 17.4 Å². The molecule has 0 spiro atoms. The van der Waals surface area contributed by atoms with Gasteiger partial charge in [-0.15, -0.1) is 0 Å². The molecular weight excluding hydrogens is 338 g/mol. The van der Waals surface area contributed by atoms with Crippen molar-refractivity contribution in [3.63, 3.8) is 0 Å². The first kappa shape index (κ1) is 18.4. The number of phenols is 1. The van der Waals surface area contributed by atoms with Crippen molar-refractivity contribution in [2.75, 3.05) is 11.9 Å². The second-order valence-corrected chi connectivity index (χ2v) is 5.89. The van der Waals surface area contributed by atoms with Crippen LogP contribution in [0.1, 0.15) is 11.1 Å². The van der Waals surface area contributed by atoms with Gasteiger partial charge in [0, 0.05) is 23.5 Å². The number of benzene rings is 2. The molecule has 2 rings (SSSR count). The monoisotopic (exact) mass is 355 g/mol. The van der Waals surface area contributed by atoms with E-state index in [1.165, 1.54) is 18.3 Å². The molecule has 0 heterocycles. The number of hydrogen-bond acceptors (Lipinski definition) is 4. The Hall–Kier alpha value is -2.97. The van der Waals surface area contributed by atoms with Crippen molar-refractivity contribution in [1.29, 1.82) is 5.26 Å². The molecule has 0 aliphatic carbocycles. The van der Waals surface area contributed by atoms with Crippen LogP contribution in [0.5, 0.6) is 5.75 Å². The molecule has 0 atom stereocenters. The fourth-order valence-electron chi connectivity index (χ4n) is 2.21. The quantitative estimate of drug-likeness (QED) is 0.320. The van der Waals surface area contributed by atoms with Gasteiger partial charge >= 0.3 is 0 Å². The van der Waals surface area contributed by atoms with Gasteiger partial charge in [-0.2, -0.15) is 5.26 Å². The molecule has 0 aliphatic heterocycles. The van der Waals surface area contributed by atoms with Crippen molar-refractivity contribution >= 4 is 23.2 Å². The zero-order valence-electron chi connectivity index (χ0n) is 13.7. The maximum Gasteiger partial charge on any atom is 0.267 e. The highest BCUT2D eigenvalue weighted by atomic mass is 35.5. The van der Waals surface area contributed by atoms with Crippen LogP contribution in [0.4, 0.5) is 5.69 Å². The van der Waals surface area contributed by atoms with Gasteiger partial charge in [-0.1, -0.05) is 23.7 Å². The first-order valence-electron chi connectivity index (χ1n) is 7.68. The summed E-state index contributed by atoms with van der Waals surface area (Å²) in [4.78, 5) is 12.2. The number of rotatable bonds is 6. The molecule has 0 saturated heterocycles. The molecule has 25 heavy (non-hydrogen) atoms. The van der Waals surface area contributed by atoms with Crippen molar-refractivity contribution in [1.82, 2.24) is 5.32 Å². The minimum atomic E-state index is -0.508. The Morgan fingerprint density at radius 2 is 2.12 bits per heavy atom. The number of anilines is 1. The van der Waals surface area contributed by atoms with Crippen molar-refractivity contribution in [2.24, 2.45) is 0 Å². The van der Waals surface area contributed by atoms with Gasteiger partial charge in [-0.3, -0.25) is 4.79 Å². The lowest BCUT2D eigenvalue weighted by atomic mass is 10.1. The minimum Gasteiger partial charge on any atom is -0.508 e. The number of halogens is 1. The van der Waals surface area contributed by atoms with Crippen LogP contribution in [-0.2, 0) is 11.2 Å². The Kier molecular flexibility index (Phi) is 6.44. The van der Waals surface area contributed by atoms with Crippen LogP contribution in [-0.4, -0.2) is 17.6 Å². The zero-order chi connectivity index (χ0) is 18.2. The van der Waals surface area contributed by atoms with E-state index in [1.54, 1.807) is 13.0 Å². The molecule has 3 N–H and O–H groups in total. The summed E-state index contributed by atoms with van der Waals surface area (Å²) in [6.07, 6.45) is 2.12. The Morgan fingerprint density at radius 1 is 1.32 bits per heavy atom. The number of aromatic hydroxyl groups is 1. The van der Waals surface area contributed by atoms with Crippen LogP contribution in [0, 0.1) is 18.3 Å². The molecule has 0 bridgehead atoms. The minimum absolute atomic E-state index is 0.0291. The van der Waals surface area contributed by atoms with Crippen molar-refractivity contribution < 1.29 is 9.90 Å². The molecular formula is C19H18ClN3O2. The SMILES string of the molecule is Cc1cc(O)ccc1NC(=O)/C(C#N)=C\NCCc1cccc(Cl)c1. The fraction of sp³-hybridized carbons (Fsp3) is 0.158. The molecule has 0 unspecified atom stereocenters. The molecule has 6 heteroatoms. The van der Waals surface area contributed by atoms with Gasteiger partial charge in [-0.25, -0.2) is 0 Å². The molecule has 0 aromatic heterocycles. The van der Waals surface area contributed by atoms with Crippen LogP contribution in [0.15, 0.2) is 54.2 Å². The number of hydrogen-bond donors (Lipinski definition) is 3. The first-order valence-corrected chi connectivity index (χ1v) is 8.06. The summed E-state index contributed by atoms with van der Waals surface area (Å²) in [6.45, 7) is 2.32. The Balaban J connectivity index is 1.92. The average Bonchev–Trinajstić information content (AvgIpc) is 2.57. The number of amides is 1. The maximum absolute atomic E-state index is 12.2. The van der Waals surface area contributed by atoms with Crippen LogP contribution in [0.25, 0.3) is 0 Å². The molecule has 0 saturated carbocycles. The van der Waals surface area contributed by atoms with E-state index in [-0.39, 0.29) is 11.3 Å². The number of nitrogens with one attached hydrogen (secondary N) is 2. The van der Waals surface area contributed by atoms with Crippen molar-refractivity contribution in [2.45, 2.75) is 13.3 Å². The van der Waals surface area contributed by atoms with E-state index in [4.69, 9.17) is 16.9 Å². The number of carbonyl (C=O) groups excluding carboxylic acids is 1. The highest BCUT2D eigenvalue weighted by Crippen LogP contribution is 2.20. The summed E-state index contributed by atoms with van der Waals surface area (Å²) in [5, 5.41) is 24.8. The van der Waals surface area contributed by atoms with E-state index in [2.05, 4.69) is 10.6 Å². The lowest BCUT2D eigenvalue weighted by Gasteiger charge is -2.08. The standard InChI is InChI=1S/C19H18ClN3O2/c1-13-9-17(24)5-6-18(13)23-19(25)15(11-21)12-22-8-7-14-3-2-4-16(20)10-14/h2-6,9-10,12,22,24H,7-8H2,1H3,(H,23,25)/b15-12-. The lowest BCUT2D eigenvalue weighted by Crippen LogP contribution is -2.18. The van der Waals surface area contributed by atoms with E-state index < -0.39 is 5.91 Å². The third-order valence-corrected chi connectivity index (χ3v) is 3.75. The highest BCUT2D eigenvalue weighted by molar-refractivity contribution is 6.30. The van der Waals surface area contributed by atoms with Crippen LogP contribution in [0.2, 0.25) is 5.02 Å². The predicted molar refractivity (Wildman–Crippen MR) is 98.3 cm³/mol. The van der Waals surface area contributed by atoms with E-state index in [0.717, 1.165) is 5.56 Å². The molecule has 128 valence electrons. The first-order chi connectivity index (χ1) is 12.0. The molecule has 2 aromatic rings. The lowest BCUT2D eigenvalue weighted by molar-refractivity contribution is -0.112. The summed E-state index contributed by atoms with van der Waals surface area (Å²) in [7, 11) is 0. The summed E-state index contributed by atoms with van der Waals surface area (Å²) >= 11 is 5.93. The van der Waals surface area contributed by atoms with Gasteiger partial charge in [0.25, 0.3) is 5.91 Å². The second kappa shape index (κ2) is 8.76. The fourth-order valence-corrected chi connectivity index (χ4v) is 2.42. The summed E-state index contributed by atoms with van der Waals surface area (Å²) < 4.78 is 0. The van der Waals surface area contributed by atoms with Gasteiger partial charge in [-0.05, 0) is 54.8 Å². The van der Waals surface area contributed by atoms with Crippen LogP contribution < -0.4 is 10.6 Å². The Labute approximate surface area is 151 Å². The Morgan fingerprint density at radius 3 is 2.80 bits per heavy atom. The number of phenolic OH excluding ortho intramolecular Hbond substituents is 1. The van der Waals surface area contributed by atoms with Gasteiger partial charge in [0.15, 0.2) is 0 Å². The van der Waals surface area contributed by atoms with E-state index in [9.17, 15) is 9.90 Å². The van der Waals surface area contributed by atoms with Crippen LogP contribution in [0.3, 0.4) is 0 Å². The largest absolute Gasteiger partial charge is 0.508 e. The Bertz CT molecular complexity index is 841. The number of nitrogens with zero attached hydrogens (tertiary/aromatic N) is 1. The number of carbonyl (C=O) groups is 1. The van der Waals surface area contributed by atoms with Gasteiger partial charge in [0.2, 0.25) is 0 Å². The van der Waals surface area contributed by atoms with Crippen LogP contribution >= 0.6 is 11.6 Å². The average molecular weight is 356 g/mol. The normalized spacial score (nSPS) is 10.8. The third kappa shape index (κ3) is 5.55. The number of aryl methyl sites for hydroxylation is 1. The van der Waals surface area contributed by atoms with Crippen molar-refractivity contribution in [3.8, 4) is 11.8 Å². The highest BCUT2D eigenvalue weighted by Gasteiger charge is 2.10. The molecule has 0 fully saturated rings. The van der Waals surface area contributed by atoms with E-state index in [1.807, 2.05) is 30.3 Å². The predicted octanol–water partition coefficient (Wildman–Crippen LogP) is 3.53. The molecule has 5 nitrogen and oxygen atoms in total. The topological polar surface area (TPSA) is 85.2 Å². The zero-order valence-corrected chi connectivity index (χ0v) is 14.5. The molecule has 0 radical (unpaired) electrons. The smallest absolute Gasteiger partial charge is 0.267 e. The van der Waals surface area contributed by atoms with Gasteiger partial charge < -0.3 is 15.7 Å². The summed E-state index contributed by atoms with van der Waals surface area (Å²) in [5.74, 6) is -0.388. The summed E-state index contributed by atoms with van der Waals surface area (Å²) in [6, 6.07) is 14.0. The molecule has 2 aromatic carbocycles. The maximum atomic E-state index is 12.2.